The molecular formula is C26H54Si. The Kier molecular flexibility index (Phi) is 25.9. The average Bonchev–Trinajstić information content (AvgIpc) is 2.68. The lowest BCUT2D eigenvalue weighted by molar-refractivity contribution is 0.531. The van der Waals surface area contributed by atoms with Crippen LogP contribution < -0.4 is 0 Å². The largest absolute Gasteiger partial charge is 0.103 e. The monoisotopic (exact) mass is 394 g/mol. The molecule has 0 aliphatic heterocycles. The fraction of sp³-hybridized carbons (Fsp3) is 0.923. The van der Waals surface area contributed by atoms with E-state index in [4.69, 9.17) is 0 Å². The maximum absolute atomic E-state index is 3.79. The normalized spacial score (nSPS) is 11.6. The molecule has 0 N–H and O–H groups in total. The van der Waals surface area contributed by atoms with Crippen molar-refractivity contribution in [2.45, 2.75) is 154 Å². The van der Waals surface area contributed by atoms with Gasteiger partial charge in [0, 0.05) is 9.52 Å². The summed E-state index contributed by atoms with van der Waals surface area (Å²) in [6.45, 7) is 6.10. The third-order valence-corrected chi connectivity index (χ3v) is 8.01. The van der Waals surface area contributed by atoms with E-state index in [1.807, 2.05) is 0 Å². The van der Waals surface area contributed by atoms with E-state index in [0.717, 1.165) is 0 Å². The van der Waals surface area contributed by atoms with Crippen LogP contribution >= 0.6 is 0 Å². The maximum atomic E-state index is 3.79. The highest BCUT2D eigenvalue weighted by atomic mass is 28.2. The Balaban J connectivity index is 2.96. The number of hydrogen-bond acceptors (Lipinski definition) is 0. The highest BCUT2D eigenvalue weighted by molar-refractivity contribution is 6.35. The second kappa shape index (κ2) is 26.0. The lowest BCUT2D eigenvalue weighted by Gasteiger charge is -2.04. The molecule has 0 unspecified atom stereocenters. The smallest absolute Gasteiger partial charge is 0.0197 e. The highest BCUT2D eigenvalue weighted by Gasteiger charge is 1.96. The van der Waals surface area contributed by atoms with Gasteiger partial charge in [0.2, 0.25) is 0 Å². The van der Waals surface area contributed by atoms with Gasteiger partial charge < -0.3 is 0 Å². The zero-order valence-electron chi connectivity index (χ0n) is 19.3. The molecule has 0 fully saturated rings. The summed E-state index contributed by atoms with van der Waals surface area (Å²) in [7, 11) is 0.287. The summed E-state index contributed by atoms with van der Waals surface area (Å²) in [5.74, 6) is 0. The predicted molar refractivity (Wildman–Crippen MR) is 131 cm³/mol. The van der Waals surface area contributed by atoms with Crippen LogP contribution in [0.3, 0.4) is 0 Å². The molecule has 0 bridgehead atoms. The molecule has 0 rings (SSSR count). The Labute approximate surface area is 176 Å². The Morgan fingerprint density at radius 1 is 0.481 bits per heavy atom. The molecule has 0 heterocycles. The molecule has 162 valence electrons. The molecular weight excluding hydrogens is 340 g/mol. The summed E-state index contributed by atoms with van der Waals surface area (Å²) in [4.78, 5) is 0. The second-order valence-electron chi connectivity index (χ2n) is 8.86. The van der Waals surface area contributed by atoms with Crippen LogP contribution in [0.2, 0.25) is 12.1 Å². The minimum absolute atomic E-state index is 0.287. The van der Waals surface area contributed by atoms with E-state index in [0.29, 0.717) is 0 Å². The van der Waals surface area contributed by atoms with Gasteiger partial charge in [0.05, 0.1) is 0 Å². The van der Waals surface area contributed by atoms with Crippen LogP contribution in [0.25, 0.3) is 0 Å². The van der Waals surface area contributed by atoms with Crippen LogP contribution in [-0.4, -0.2) is 9.52 Å². The highest BCUT2D eigenvalue weighted by Crippen LogP contribution is 2.14. The molecule has 0 aliphatic carbocycles. The molecule has 0 aromatic carbocycles. The molecule has 0 aromatic heterocycles. The Bertz CT molecular complexity index is 261. The van der Waals surface area contributed by atoms with Crippen LogP contribution in [0.15, 0.2) is 12.7 Å². The first-order chi connectivity index (χ1) is 13.4. The van der Waals surface area contributed by atoms with Crippen molar-refractivity contribution in [2.24, 2.45) is 0 Å². The van der Waals surface area contributed by atoms with Crippen molar-refractivity contribution < 1.29 is 0 Å². The Morgan fingerprint density at radius 3 is 1.19 bits per heavy atom. The van der Waals surface area contributed by atoms with Crippen molar-refractivity contribution in [1.29, 1.82) is 0 Å². The summed E-state index contributed by atoms with van der Waals surface area (Å²) in [5, 5.41) is 0. The maximum Gasteiger partial charge on any atom is 0.0197 e. The van der Waals surface area contributed by atoms with E-state index in [9.17, 15) is 0 Å². The van der Waals surface area contributed by atoms with Gasteiger partial charge >= 0.3 is 0 Å². The lowest BCUT2D eigenvalue weighted by atomic mass is 10.0. The number of unbranched alkanes of at least 4 members (excludes halogenated alkanes) is 19. The predicted octanol–water partition coefficient (Wildman–Crippen LogP) is 9.39. The first kappa shape index (κ1) is 27.0. The molecule has 0 nitrogen and oxygen atoms in total. The summed E-state index contributed by atoms with van der Waals surface area (Å²) in [5.41, 5.74) is 0. The molecule has 0 saturated heterocycles. The SMILES string of the molecule is C=CCCCCCC[SiH2]CCCCCCCCCCCCCCCCCC. The summed E-state index contributed by atoms with van der Waals surface area (Å²) >= 11 is 0. The molecule has 0 saturated carbocycles. The standard InChI is InChI=1S/C26H54Si/c1-3-5-7-9-11-12-13-14-15-16-17-18-19-20-22-24-26-27-25-23-21-10-8-6-4-2/h4H,2-3,5-27H2,1H3. The van der Waals surface area contributed by atoms with Crippen LogP contribution in [-0.2, 0) is 0 Å². The molecule has 27 heavy (non-hydrogen) atoms. The van der Waals surface area contributed by atoms with Gasteiger partial charge in [0.25, 0.3) is 0 Å². The van der Waals surface area contributed by atoms with Crippen LogP contribution in [0.4, 0.5) is 0 Å². The van der Waals surface area contributed by atoms with Gasteiger partial charge in [-0.15, -0.1) is 6.58 Å². The number of hydrogen-bond donors (Lipinski definition) is 0. The lowest BCUT2D eigenvalue weighted by Crippen LogP contribution is -1.90. The molecule has 0 radical (unpaired) electrons. The summed E-state index contributed by atoms with van der Waals surface area (Å²) < 4.78 is 0. The molecule has 0 aliphatic rings. The third kappa shape index (κ3) is 26.0. The van der Waals surface area contributed by atoms with Crippen LogP contribution in [0, 0.1) is 0 Å². The van der Waals surface area contributed by atoms with Crippen LogP contribution in [0.5, 0.6) is 0 Å². The minimum atomic E-state index is 0.287. The van der Waals surface area contributed by atoms with Crippen molar-refractivity contribution >= 4 is 9.52 Å². The fourth-order valence-corrected chi connectivity index (χ4v) is 5.84. The summed E-state index contributed by atoms with van der Waals surface area (Å²) in [6.07, 6.45) is 32.8. The van der Waals surface area contributed by atoms with Gasteiger partial charge in [0.15, 0.2) is 0 Å². The molecule has 0 aromatic rings. The topological polar surface area (TPSA) is 0 Å². The van der Waals surface area contributed by atoms with Crippen molar-refractivity contribution in [3.8, 4) is 0 Å². The molecule has 0 amide bonds. The second-order valence-corrected chi connectivity index (χ2v) is 11.0. The molecule has 1 heteroatoms. The Hall–Kier alpha value is -0.0431. The number of rotatable bonds is 24. The number of allylic oxidation sites excluding steroid dienone is 1. The zero-order valence-corrected chi connectivity index (χ0v) is 20.7. The molecule has 0 atom stereocenters. The minimum Gasteiger partial charge on any atom is -0.103 e. The van der Waals surface area contributed by atoms with Crippen molar-refractivity contribution in [3.63, 3.8) is 0 Å². The van der Waals surface area contributed by atoms with Gasteiger partial charge in [0.1, 0.15) is 0 Å². The zero-order chi connectivity index (χ0) is 19.7. The molecule has 0 spiro atoms. The van der Waals surface area contributed by atoms with Gasteiger partial charge in [-0.05, 0) is 12.8 Å². The first-order valence-corrected chi connectivity index (χ1v) is 15.0. The van der Waals surface area contributed by atoms with Crippen molar-refractivity contribution in [1.82, 2.24) is 0 Å². The van der Waals surface area contributed by atoms with Crippen LogP contribution in [0.1, 0.15) is 142 Å². The van der Waals surface area contributed by atoms with E-state index in [2.05, 4.69) is 19.6 Å². The third-order valence-electron chi connectivity index (χ3n) is 6.01. The average molecular weight is 395 g/mol. The Morgan fingerprint density at radius 2 is 0.815 bits per heavy atom. The fourth-order valence-electron chi connectivity index (χ4n) is 4.07. The summed E-state index contributed by atoms with van der Waals surface area (Å²) in [6, 6.07) is 3.22. The first-order valence-electron chi connectivity index (χ1n) is 13.0. The van der Waals surface area contributed by atoms with E-state index in [-0.39, 0.29) is 9.52 Å². The van der Waals surface area contributed by atoms with Crippen molar-refractivity contribution in [2.75, 3.05) is 0 Å². The van der Waals surface area contributed by atoms with Gasteiger partial charge in [-0.3, -0.25) is 0 Å². The van der Waals surface area contributed by atoms with E-state index >= 15 is 0 Å². The van der Waals surface area contributed by atoms with Gasteiger partial charge in [-0.25, -0.2) is 0 Å². The van der Waals surface area contributed by atoms with E-state index in [1.165, 1.54) is 128 Å². The van der Waals surface area contributed by atoms with Gasteiger partial charge in [-0.2, -0.15) is 0 Å². The van der Waals surface area contributed by atoms with Gasteiger partial charge in [-0.1, -0.05) is 147 Å². The van der Waals surface area contributed by atoms with Crippen molar-refractivity contribution in [3.05, 3.63) is 12.7 Å². The quantitative estimate of drug-likeness (QED) is 0.0868. The van der Waals surface area contributed by atoms with E-state index in [1.54, 1.807) is 18.5 Å². The van der Waals surface area contributed by atoms with E-state index < -0.39 is 0 Å².